The van der Waals surface area contributed by atoms with E-state index in [1.165, 1.54) is 4.90 Å². The first-order valence-corrected chi connectivity index (χ1v) is 9.14. The molecule has 2 amide bonds. The lowest BCUT2D eigenvalue weighted by Gasteiger charge is -2.45. The number of carbonyl (C=O) groups is 2. The summed E-state index contributed by atoms with van der Waals surface area (Å²) < 4.78 is 31.6. The molecule has 1 fully saturated rings. The van der Waals surface area contributed by atoms with Crippen LogP contribution in [0.25, 0.3) is 0 Å². The summed E-state index contributed by atoms with van der Waals surface area (Å²) in [4.78, 5) is 26.7. The van der Waals surface area contributed by atoms with Gasteiger partial charge in [0, 0.05) is 31.6 Å². The van der Waals surface area contributed by atoms with Gasteiger partial charge in [0.15, 0.2) is 0 Å². The Hall–Kier alpha value is -1.43. The van der Waals surface area contributed by atoms with E-state index in [0.29, 0.717) is 12.8 Å². The van der Waals surface area contributed by atoms with E-state index in [0.717, 1.165) is 6.42 Å². The third-order valence-electron chi connectivity index (χ3n) is 3.92. The molecule has 3 atom stereocenters. The summed E-state index contributed by atoms with van der Waals surface area (Å²) in [5.74, 6) is -0.0832. The highest BCUT2D eigenvalue weighted by Gasteiger charge is 2.41. The van der Waals surface area contributed by atoms with Crippen LogP contribution in [0, 0.1) is 5.92 Å². The van der Waals surface area contributed by atoms with Crippen molar-refractivity contribution in [2.45, 2.75) is 57.7 Å². The van der Waals surface area contributed by atoms with Crippen molar-refractivity contribution in [3.05, 3.63) is 0 Å². The zero-order valence-corrected chi connectivity index (χ0v) is 16.0. The molecule has 1 aliphatic rings. The molecule has 148 valence electrons. The minimum Gasteiger partial charge on any atom is -0.465 e. The highest BCUT2D eigenvalue weighted by atomic mass is 32.3. The van der Waals surface area contributed by atoms with Crippen LogP contribution in [0.15, 0.2) is 0 Å². The van der Waals surface area contributed by atoms with E-state index >= 15 is 0 Å². The predicted octanol–water partition coefficient (Wildman–Crippen LogP) is 0.696. The Bertz CT molecular complexity index is 563. The van der Waals surface area contributed by atoms with Crippen LogP contribution in [0.1, 0.15) is 40.0 Å². The third kappa shape index (κ3) is 8.47. The summed E-state index contributed by atoms with van der Waals surface area (Å²) in [5.41, 5.74) is 5.59. The van der Waals surface area contributed by atoms with Crippen molar-refractivity contribution in [3.63, 3.8) is 0 Å². The van der Waals surface area contributed by atoms with Crippen LogP contribution in [-0.4, -0.2) is 76.1 Å². The summed E-state index contributed by atoms with van der Waals surface area (Å²) in [6, 6.07) is -0.522. The number of carboxylic acid groups (broad SMARTS) is 1. The molecule has 0 aromatic carbocycles. The summed E-state index contributed by atoms with van der Waals surface area (Å²) in [6.45, 7) is 5.56. The fourth-order valence-corrected chi connectivity index (χ4v) is 2.98. The maximum absolute atomic E-state index is 12.1. The van der Waals surface area contributed by atoms with Crippen molar-refractivity contribution in [1.82, 2.24) is 9.80 Å². The van der Waals surface area contributed by atoms with E-state index in [9.17, 15) is 14.7 Å². The van der Waals surface area contributed by atoms with E-state index in [4.69, 9.17) is 23.3 Å². The number of hydrogen-bond acceptors (Lipinski definition) is 5. The monoisotopic (exact) mass is 383 g/mol. The van der Waals surface area contributed by atoms with Gasteiger partial charge in [0.1, 0.15) is 0 Å². The second-order valence-electron chi connectivity index (χ2n) is 7.25. The van der Waals surface area contributed by atoms with E-state index in [1.54, 1.807) is 19.0 Å². The molecule has 0 saturated heterocycles. The molecule has 0 aromatic rings. The Labute approximate surface area is 148 Å². The fraction of sp³-hybridized carbons (Fsp3) is 0.857. The topological polar surface area (TPSA) is 161 Å². The lowest BCUT2D eigenvalue weighted by atomic mass is 9.80. The number of rotatable bonds is 2. The zero-order valence-electron chi connectivity index (χ0n) is 15.2. The fourth-order valence-electron chi connectivity index (χ4n) is 2.98. The van der Waals surface area contributed by atoms with Gasteiger partial charge in [-0.1, -0.05) is 0 Å². The normalized spacial score (nSPS) is 23.9. The maximum Gasteiger partial charge on any atom is 0.408 e. The Morgan fingerprint density at radius 3 is 1.88 bits per heavy atom. The van der Waals surface area contributed by atoms with Crippen molar-refractivity contribution in [1.29, 1.82) is 0 Å². The summed E-state index contributed by atoms with van der Waals surface area (Å²) in [7, 11) is -1.21. The smallest absolute Gasteiger partial charge is 0.408 e. The van der Waals surface area contributed by atoms with Crippen LogP contribution in [0.4, 0.5) is 4.79 Å². The highest BCUT2D eigenvalue weighted by molar-refractivity contribution is 7.79. The minimum atomic E-state index is -4.67. The molecular weight excluding hydrogens is 354 g/mol. The largest absolute Gasteiger partial charge is 0.465 e. The van der Waals surface area contributed by atoms with Gasteiger partial charge in [0.25, 0.3) is 0 Å². The van der Waals surface area contributed by atoms with Crippen LogP contribution in [-0.2, 0) is 15.2 Å². The van der Waals surface area contributed by atoms with Gasteiger partial charge in [0.05, 0.1) is 6.04 Å². The number of amides is 2. The van der Waals surface area contributed by atoms with Crippen LogP contribution in [0.2, 0.25) is 0 Å². The van der Waals surface area contributed by atoms with Gasteiger partial charge in [-0.2, -0.15) is 8.42 Å². The van der Waals surface area contributed by atoms with Crippen LogP contribution >= 0.6 is 0 Å². The Kier molecular flexibility index (Phi) is 8.28. The van der Waals surface area contributed by atoms with Gasteiger partial charge in [-0.3, -0.25) is 18.8 Å². The van der Waals surface area contributed by atoms with Gasteiger partial charge in [-0.15, -0.1) is 0 Å². The molecule has 1 rings (SSSR count). The molecule has 5 N–H and O–H groups in total. The van der Waals surface area contributed by atoms with Gasteiger partial charge in [-0.25, -0.2) is 4.79 Å². The van der Waals surface area contributed by atoms with Gasteiger partial charge in [-0.05, 0) is 40.0 Å². The number of carbonyl (C=O) groups excluding carboxylic acids is 1. The standard InChI is InChI=1S/C14H27N3O3.H2O4S/c1-14(2,3)17(13(19)20)11-8-9(6-7-10(11)15)12(18)16(4)5;1-5(2,3)4/h9-11H,6-8,15H2,1-5H3,(H,19,20);(H2,1,2,3,4)/t9-,10-,11+;/m0./s1. The molecule has 0 bridgehead atoms. The molecule has 0 spiro atoms. The third-order valence-corrected chi connectivity index (χ3v) is 3.92. The molecular formula is C14H29N3O7S. The lowest BCUT2D eigenvalue weighted by Crippen LogP contribution is -2.60. The maximum atomic E-state index is 12.1. The van der Waals surface area contributed by atoms with E-state index in [-0.39, 0.29) is 23.9 Å². The van der Waals surface area contributed by atoms with Crippen LogP contribution in [0.3, 0.4) is 0 Å². The van der Waals surface area contributed by atoms with Crippen molar-refractivity contribution >= 4 is 22.4 Å². The number of hydrogen-bond donors (Lipinski definition) is 4. The molecule has 0 aliphatic heterocycles. The zero-order chi connectivity index (χ0) is 20.2. The summed E-state index contributed by atoms with van der Waals surface area (Å²) in [6.07, 6.45) is 0.930. The lowest BCUT2D eigenvalue weighted by molar-refractivity contribution is -0.135. The first-order chi connectivity index (χ1) is 11.1. The predicted molar refractivity (Wildman–Crippen MR) is 91.6 cm³/mol. The number of nitrogens with zero attached hydrogens (tertiary/aromatic N) is 2. The van der Waals surface area contributed by atoms with Crippen molar-refractivity contribution < 1.29 is 32.2 Å². The van der Waals surface area contributed by atoms with Crippen molar-refractivity contribution in [2.75, 3.05) is 14.1 Å². The molecule has 1 saturated carbocycles. The molecule has 0 heterocycles. The summed E-state index contributed by atoms with van der Waals surface area (Å²) >= 11 is 0. The second kappa shape index (κ2) is 8.79. The van der Waals surface area contributed by atoms with E-state index in [2.05, 4.69) is 0 Å². The van der Waals surface area contributed by atoms with Crippen molar-refractivity contribution in [3.8, 4) is 0 Å². The Morgan fingerprint density at radius 2 is 1.56 bits per heavy atom. The van der Waals surface area contributed by atoms with Crippen LogP contribution < -0.4 is 5.73 Å². The molecule has 0 aromatic heterocycles. The Balaban J connectivity index is 0.00000101. The van der Waals surface area contributed by atoms with Gasteiger partial charge in [0.2, 0.25) is 5.91 Å². The average Bonchev–Trinajstić information content (AvgIpc) is 2.36. The van der Waals surface area contributed by atoms with E-state index < -0.39 is 22.0 Å². The van der Waals surface area contributed by atoms with Crippen LogP contribution in [0.5, 0.6) is 0 Å². The van der Waals surface area contributed by atoms with Crippen molar-refractivity contribution in [2.24, 2.45) is 11.7 Å². The first kappa shape index (κ1) is 23.6. The SMILES string of the molecule is CN(C)C(=O)[C@H]1CC[C@H](N)[C@H](N(C(=O)O)C(C)(C)C)C1.O=S(=O)(O)O. The number of nitrogens with two attached hydrogens (primary N) is 1. The quantitative estimate of drug-likeness (QED) is 0.506. The Morgan fingerprint density at radius 1 is 1.12 bits per heavy atom. The molecule has 10 nitrogen and oxygen atoms in total. The first-order valence-electron chi connectivity index (χ1n) is 7.74. The minimum absolute atomic E-state index is 0.0566. The summed E-state index contributed by atoms with van der Waals surface area (Å²) in [5, 5.41) is 9.49. The van der Waals surface area contributed by atoms with Gasteiger partial charge < -0.3 is 15.7 Å². The average molecular weight is 383 g/mol. The molecule has 0 unspecified atom stereocenters. The van der Waals surface area contributed by atoms with Gasteiger partial charge >= 0.3 is 16.5 Å². The molecule has 1 aliphatic carbocycles. The van der Waals surface area contributed by atoms with E-state index in [1.807, 2.05) is 20.8 Å². The molecule has 25 heavy (non-hydrogen) atoms. The highest BCUT2D eigenvalue weighted by Crippen LogP contribution is 2.32. The molecule has 11 heteroatoms. The second-order valence-corrected chi connectivity index (χ2v) is 8.14. The molecule has 0 radical (unpaired) electrons.